The summed E-state index contributed by atoms with van der Waals surface area (Å²) < 4.78 is 4.84. The average Bonchev–Trinajstić information content (AvgIpc) is 4.06. The van der Waals surface area contributed by atoms with E-state index in [1.165, 1.54) is 12.0 Å². The number of hydrogen-bond acceptors (Lipinski definition) is 7. The van der Waals surface area contributed by atoms with Gasteiger partial charge in [-0.25, -0.2) is 14.8 Å². The van der Waals surface area contributed by atoms with Crippen molar-refractivity contribution < 1.29 is 19.1 Å². The molecule has 3 fully saturated rings. The zero-order valence-corrected chi connectivity index (χ0v) is 30.8. The average molecular weight is 740 g/mol. The smallest absolute Gasteiger partial charge is 0.407 e. The monoisotopic (exact) mass is 739 g/mol. The van der Waals surface area contributed by atoms with E-state index in [-0.39, 0.29) is 23.9 Å². The van der Waals surface area contributed by atoms with Gasteiger partial charge in [0.05, 0.1) is 42.1 Å². The van der Waals surface area contributed by atoms with Gasteiger partial charge in [-0.2, -0.15) is 0 Å². The van der Waals surface area contributed by atoms with Crippen molar-refractivity contribution >= 4 is 40.3 Å². The Morgan fingerprint density at radius 3 is 2.44 bits per heavy atom. The fourth-order valence-corrected chi connectivity index (χ4v) is 9.48. The number of rotatable bonds is 8. The number of aromatic nitrogens is 4. The lowest BCUT2D eigenvalue weighted by molar-refractivity contribution is -0.137. The molecular formula is C42H41N7O4S. The zero-order valence-electron chi connectivity index (χ0n) is 30.0. The number of fused-ring (bicyclic) bond motifs is 2. The van der Waals surface area contributed by atoms with Crippen LogP contribution in [0.4, 0.5) is 4.79 Å². The van der Waals surface area contributed by atoms with Gasteiger partial charge < -0.3 is 29.8 Å². The summed E-state index contributed by atoms with van der Waals surface area (Å²) >= 11 is 1.74. The van der Waals surface area contributed by atoms with Crippen molar-refractivity contribution in [3.05, 3.63) is 108 Å². The summed E-state index contributed by atoms with van der Waals surface area (Å²) in [7, 11) is 1.29. The molecule has 11 nitrogen and oxygen atoms in total. The highest BCUT2D eigenvalue weighted by Gasteiger charge is 2.41. The van der Waals surface area contributed by atoms with E-state index in [1.54, 1.807) is 11.3 Å². The maximum Gasteiger partial charge on any atom is 0.407 e. The number of carbonyl (C=O) groups is 3. The van der Waals surface area contributed by atoms with Gasteiger partial charge in [-0.05, 0) is 85.0 Å². The summed E-state index contributed by atoms with van der Waals surface area (Å²) in [4.78, 5) is 61.7. The number of benzene rings is 3. The predicted octanol–water partition coefficient (Wildman–Crippen LogP) is 8.33. The van der Waals surface area contributed by atoms with Crippen molar-refractivity contribution in [1.82, 2.24) is 35.1 Å². The van der Waals surface area contributed by atoms with E-state index in [0.717, 1.165) is 88.5 Å². The predicted molar refractivity (Wildman–Crippen MR) is 207 cm³/mol. The highest BCUT2D eigenvalue weighted by Crippen LogP contribution is 2.41. The molecule has 3 aromatic carbocycles. The Morgan fingerprint density at radius 2 is 1.63 bits per heavy atom. The summed E-state index contributed by atoms with van der Waals surface area (Å²) in [6.07, 6.45) is 7.59. The summed E-state index contributed by atoms with van der Waals surface area (Å²) in [5.41, 5.74) is 6.69. The van der Waals surface area contributed by atoms with Crippen LogP contribution in [-0.4, -0.2) is 67.3 Å². The molecule has 6 aromatic rings. The van der Waals surface area contributed by atoms with Crippen LogP contribution in [0.3, 0.4) is 0 Å². The minimum absolute atomic E-state index is 0.0454. The molecule has 6 heterocycles. The van der Waals surface area contributed by atoms with Gasteiger partial charge in [0, 0.05) is 28.8 Å². The minimum atomic E-state index is -0.866. The van der Waals surface area contributed by atoms with Gasteiger partial charge in [0.1, 0.15) is 17.7 Å². The first kappa shape index (κ1) is 34.0. The molecule has 3 N–H and O–H groups in total. The van der Waals surface area contributed by atoms with Crippen LogP contribution in [0.15, 0.2) is 91.1 Å². The summed E-state index contributed by atoms with van der Waals surface area (Å²) in [5.74, 6) is 1.69. The number of nitrogens with one attached hydrogen (secondary N) is 3. The Hall–Kier alpha value is -5.75. The summed E-state index contributed by atoms with van der Waals surface area (Å²) in [6.45, 7) is 0.571. The van der Waals surface area contributed by atoms with Crippen LogP contribution in [0.1, 0.15) is 80.3 Å². The number of alkyl carbamates (subject to hydrolysis) is 1. The van der Waals surface area contributed by atoms with Gasteiger partial charge >= 0.3 is 6.09 Å². The Kier molecular flexibility index (Phi) is 8.98. The normalized spacial score (nSPS) is 20.3. The molecule has 3 aliphatic heterocycles. The third-order valence-electron chi connectivity index (χ3n) is 11.2. The largest absolute Gasteiger partial charge is 0.453 e. The Bertz CT molecular complexity index is 2330. The number of imidazole rings is 2. The van der Waals surface area contributed by atoms with Crippen LogP contribution in [0.2, 0.25) is 0 Å². The van der Waals surface area contributed by atoms with Crippen molar-refractivity contribution in [2.45, 2.75) is 69.1 Å². The molecule has 3 saturated heterocycles. The van der Waals surface area contributed by atoms with Gasteiger partial charge in [0.15, 0.2) is 0 Å². The van der Waals surface area contributed by atoms with Crippen molar-refractivity contribution in [1.29, 1.82) is 0 Å². The first-order valence-corrected chi connectivity index (χ1v) is 19.5. The lowest BCUT2D eigenvalue weighted by Gasteiger charge is -2.33. The van der Waals surface area contributed by atoms with Gasteiger partial charge in [-0.3, -0.25) is 9.59 Å². The van der Waals surface area contributed by atoms with E-state index in [9.17, 15) is 14.4 Å². The van der Waals surface area contributed by atoms with Gasteiger partial charge in [-0.1, -0.05) is 60.7 Å². The highest BCUT2D eigenvalue weighted by molar-refractivity contribution is 7.18. The zero-order chi connectivity index (χ0) is 36.8. The molecule has 12 heteroatoms. The second kappa shape index (κ2) is 14.2. The molecule has 0 spiro atoms. The first-order valence-electron chi connectivity index (χ1n) is 18.7. The molecule has 4 unspecified atom stereocenters. The number of likely N-dealkylation sites (tertiary alicyclic amines) is 1. The molecule has 3 amide bonds. The van der Waals surface area contributed by atoms with Crippen molar-refractivity contribution in [2.75, 3.05) is 13.7 Å². The number of amides is 3. The third kappa shape index (κ3) is 6.34. The van der Waals surface area contributed by atoms with Crippen molar-refractivity contribution in [2.24, 2.45) is 0 Å². The fraction of sp³-hybridized carbons (Fsp3) is 0.310. The maximum absolute atomic E-state index is 13.9. The first-order chi connectivity index (χ1) is 26.4. The number of aromatic amines is 2. The summed E-state index contributed by atoms with van der Waals surface area (Å²) in [6, 6.07) is 27.6. The van der Waals surface area contributed by atoms with Crippen LogP contribution in [-0.2, 0) is 14.3 Å². The van der Waals surface area contributed by atoms with E-state index < -0.39 is 12.1 Å². The number of thiophene rings is 1. The lowest BCUT2D eigenvalue weighted by atomic mass is 10.0. The molecule has 274 valence electrons. The molecule has 3 aromatic heterocycles. The van der Waals surface area contributed by atoms with Crippen molar-refractivity contribution in [3.8, 4) is 32.1 Å². The fourth-order valence-electron chi connectivity index (χ4n) is 8.48. The maximum atomic E-state index is 13.9. The van der Waals surface area contributed by atoms with Gasteiger partial charge in [-0.15, -0.1) is 11.3 Å². The molecule has 0 aliphatic carbocycles. The molecule has 3 aliphatic rings. The number of hydrogen-bond donors (Lipinski definition) is 3. The van der Waals surface area contributed by atoms with Crippen molar-refractivity contribution in [3.63, 3.8) is 0 Å². The molecular weight excluding hydrogens is 699 g/mol. The van der Waals surface area contributed by atoms with Crippen LogP contribution in [0.25, 0.3) is 43.2 Å². The van der Waals surface area contributed by atoms with E-state index in [4.69, 9.17) is 14.7 Å². The minimum Gasteiger partial charge on any atom is -0.453 e. The molecule has 9 rings (SSSR count). The van der Waals surface area contributed by atoms with E-state index in [1.807, 2.05) is 47.5 Å². The van der Waals surface area contributed by atoms with E-state index >= 15 is 0 Å². The SMILES string of the molecule is COC(=O)NC(C(=O)N1CCCC1c1nc2ccc(-c3ccc(-c4ccc(-c5cnc(C6CCC7CCCC(=O)N76)[nH]5)cc4)s3)cc2[nH]1)c1ccccc1. The second-order valence-electron chi connectivity index (χ2n) is 14.4. The number of carbonyl (C=O) groups excluding carboxylic acids is 3. The quantitative estimate of drug-likeness (QED) is 0.144. The topological polar surface area (TPSA) is 136 Å². The molecule has 54 heavy (non-hydrogen) atoms. The molecule has 0 saturated carbocycles. The Balaban J connectivity index is 0.903. The van der Waals surface area contributed by atoms with Crippen LogP contribution in [0, 0.1) is 0 Å². The standard InChI is InChI=1S/C42H41N7O4S/c1-53-42(52)47-38(27-7-3-2-4-8-27)41(51)48-22-6-10-33(48)40-44-30-18-16-28(23-31(30)45-40)36-21-20-35(54-36)26-14-12-25(13-15-26)32-24-43-39(46-32)34-19-17-29-9-5-11-37(50)49(29)34/h2-4,7-8,12-16,18,20-21,23-24,29,33-34,38H,5-6,9-11,17,19,22H2,1H3,(H,43,46)(H,44,45)(H,47,52). The number of methoxy groups -OCH3 is 1. The summed E-state index contributed by atoms with van der Waals surface area (Å²) in [5, 5.41) is 2.73. The van der Waals surface area contributed by atoms with Crippen LogP contribution >= 0.6 is 11.3 Å². The van der Waals surface area contributed by atoms with Crippen LogP contribution in [0.5, 0.6) is 0 Å². The Morgan fingerprint density at radius 1 is 0.852 bits per heavy atom. The number of H-pyrrole nitrogens is 2. The molecule has 0 bridgehead atoms. The van der Waals surface area contributed by atoms with Gasteiger partial charge in [0.2, 0.25) is 5.91 Å². The molecule has 4 atom stereocenters. The van der Waals surface area contributed by atoms with E-state index in [2.05, 4.69) is 68.7 Å². The number of piperidine rings is 1. The number of nitrogens with zero attached hydrogens (tertiary/aromatic N) is 4. The highest BCUT2D eigenvalue weighted by atomic mass is 32.1. The number of ether oxygens (including phenoxy) is 1. The molecule has 0 radical (unpaired) electrons. The van der Waals surface area contributed by atoms with Crippen LogP contribution < -0.4 is 5.32 Å². The van der Waals surface area contributed by atoms with Gasteiger partial charge in [0.25, 0.3) is 5.91 Å². The second-order valence-corrected chi connectivity index (χ2v) is 15.5. The Labute approximate surface area is 316 Å². The lowest BCUT2D eigenvalue weighted by Crippen LogP contribution is -2.42. The van der Waals surface area contributed by atoms with E-state index in [0.29, 0.717) is 24.6 Å². The third-order valence-corrected chi connectivity index (χ3v) is 12.4.